The summed E-state index contributed by atoms with van der Waals surface area (Å²) in [7, 11) is 4.56. The van der Waals surface area contributed by atoms with Crippen LogP contribution in [0.2, 0.25) is 10.0 Å². The van der Waals surface area contributed by atoms with Crippen LogP contribution in [0.15, 0.2) is 36.4 Å². The Morgan fingerprint density at radius 2 is 1.60 bits per heavy atom. The van der Waals surface area contributed by atoms with Gasteiger partial charge in [-0.1, -0.05) is 29.3 Å². The summed E-state index contributed by atoms with van der Waals surface area (Å²) >= 11 is 12.0. The van der Waals surface area contributed by atoms with Gasteiger partial charge in [-0.05, 0) is 24.6 Å². The average Bonchev–Trinajstić information content (AvgIpc) is 2.76. The van der Waals surface area contributed by atoms with Crippen LogP contribution in [0.4, 0.5) is 0 Å². The van der Waals surface area contributed by atoms with E-state index in [2.05, 4.69) is 5.32 Å². The summed E-state index contributed by atoms with van der Waals surface area (Å²) in [6.45, 7) is 1.52. The van der Waals surface area contributed by atoms with Crippen LogP contribution in [0.1, 0.15) is 12.5 Å². The Morgan fingerprint density at radius 1 is 1.00 bits per heavy atom. The molecule has 0 bridgehead atoms. The molecule has 0 aliphatic carbocycles. The number of ether oxygens (including phenoxy) is 3. The first-order chi connectivity index (χ1) is 14.3. The van der Waals surface area contributed by atoms with Crippen molar-refractivity contribution in [3.63, 3.8) is 0 Å². The highest BCUT2D eigenvalue weighted by Gasteiger charge is 2.26. The molecule has 0 radical (unpaired) electrons. The smallest absolute Gasteiger partial charge is 0.261 e. The van der Waals surface area contributed by atoms with E-state index in [0.29, 0.717) is 27.3 Å². The molecule has 0 aromatic heterocycles. The van der Waals surface area contributed by atoms with E-state index < -0.39 is 6.04 Å². The molecular formula is C21H24Cl2N2O5. The van der Waals surface area contributed by atoms with Crippen molar-refractivity contribution in [2.24, 2.45) is 0 Å². The average molecular weight is 455 g/mol. The lowest BCUT2D eigenvalue weighted by molar-refractivity contribution is -0.142. The van der Waals surface area contributed by atoms with Gasteiger partial charge in [0.2, 0.25) is 5.91 Å². The predicted octanol–water partition coefficient (Wildman–Crippen LogP) is 3.55. The molecular weight excluding hydrogens is 431 g/mol. The zero-order valence-corrected chi connectivity index (χ0v) is 18.7. The monoisotopic (exact) mass is 454 g/mol. The fourth-order valence-corrected chi connectivity index (χ4v) is 3.04. The maximum Gasteiger partial charge on any atom is 0.261 e. The van der Waals surface area contributed by atoms with Crippen molar-refractivity contribution in [3.05, 3.63) is 52.0 Å². The molecule has 2 amide bonds. The fraction of sp³-hybridized carbons (Fsp3) is 0.333. The number of nitrogens with one attached hydrogen (secondary N) is 1. The predicted molar refractivity (Wildman–Crippen MR) is 116 cm³/mol. The Bertz CT molecular complexity index is 885. The second kappa shape index (κ2) is 10.9. The van der Waals surface area contributed by atoms with Crippen molar-refractivity contribution in [1.82, 2.24) is 10.2 Å². The van der Waals surface area contributed by atoms with E-state index in [1.165, 1.54) is 26.2 Å². The van der Waals surface area contributed by atoms with Gasteiger partial charge < -0.3 is 24.4 Å². The molecule has 2 aromatic rings. The van der Waals surface area contributed by atoms with Crippen LogP contribution in [0.3, 0.4) is 0 Å². The van der Waals surface area contributed by atoms with Crippen LogP contribution in [-0.2, 0) is 16.1 Å². The van der Waals surface area contributed by atoms with Crippen LogP contribution in [0.5, 0.6) is 17.2 Å². The largest absolute Gasteiger partial charge is 0.496 e. The quantitative estimate of drug-likeness (QED) is 0.626. The number of methoxy groups -OCH3 is 2. The third kappa shape index (κ3) is 6.18. The normalized spacial score (nSPS) is 11.4. The molecule has 2 rings (SSSR count). The molecule has 1 atom stereocenters. The first-order valence-corrected chi connectivity index (χ1v) is 9.85. The molecule has 162 valence electrons. The Labute approximate surface area is 185 Å². The molecule has 1 N–H and O–H groups in total. The number of halogens is 2. The summed E-state index contributed by atoms with van der Waals surface area (Å²) < 4.78 is 16.1. The minimum absolute atomic E-state index is 0.162. The van der Waals surface area contributed by atoms with Crippen LogP contribution < -0.4 is 19.5 Å². The Hall–Kier alpha value is -2.64. The van der Waals surface area contributed by atoms with Gasteiger partial charge in [0, 0.05) is 31.8 Å². The lowest BCUT2D eigenvalue weighted by Gasteiger charge is -2.28. The van der Waals surface area contributed by atoms with E-state index in [0.717, 1.165) is 5.56 Å². The van der Waals surface area contributed by atoms with Gasteiger partial charge in [-0.3, -0.25) is 9.59 Å². The molecule has 0 aliphatic heterocycles. The molecule has 0 aliphatic rings. The number of benzene rings is 2. The maximum absolute atomic E-state index is 12.9. The van der Waals surface area contributed by atoms with Crippen molar-refractivity contribution >= 4 is 35.0 Å². The van der Waals surface area contributed by atoms with Crippen LogP contribution in [0, 0.1) is 0 Å². The number of hydrogen-bond donors (Lipinski definition) is 1. The lowest BCUT2D eigenvalue weighted by Crippen LogP contribution is -2.48. The summed E-state index contributed by atoms with van der Waals surface area (Å²) in [6, 6.07) is 9.31. The molecule has 30 heavy (non-hydrogen) atoms. The zero-order chi connectivity index (χ0) is 22.3. The number of carbonyl (C=O) groups is 2. The molecule has 1 unspecified atom stereocenters. The zero-order valence-electron chi connectivity index (χ0n) is 17.2. The van der Waals surface area contributed by atoms with E-state index in [1.807, 2.05) is 0 Å². The van der Waals surface area contributed by atoms with E-state index in [4.69, 9.17) is 37.4 Å². The molecule has 0 saturated carbocycles. The Balaban J connectivity index is 2.19. The highest BCUT2D eigenvalue weighted by molar-refractivity contribution is 6.42. The van der Waals surface area contributed by atoms with Crippen LogP contribution in [0.25, 0.3) is 0 Å². The first kappa shape index (κ1) is 23.6. The minimum Gasteiger partial charge on any atom is -0.496 e. The van der Waals surface area contributed by atoms with Crippen molar-refractivity contribution in [2.45, 2.75) is 19.5 Å². The highest BCUT2D eigenvalue weighted by atomic mass is 35.5. The van der Waals surface area contributed by atoms with Gasteiger partial charge in [-0.2, -0.15) is 0 Å². The van der Waals surface area contributed by atoms with Gasteiger partial charge in [-0.25, -0.2) is 0 Å². The Morgan fingerprint density at radius 3 is 2.13 bits per heavy atom. The third-order valence-electron chi connectivity index (χ3n) is 4.44. The van der Waals surface area contributed by atoms with Crippen LogP contribution in [-0.4, -0.2) is 50.6 Å². The van der Waals surface area contributed by atoms with E-state index in [9.17, 15) is 9.59 Å². The number of amides is 2. The number of hydrogen-bond acceptors (Lipinski definition) is 5. The fourth-order valence-electron chi connectivity index (χ4n) is 2.72. The summed E-state index contributed by atoms with van der Waals surface area (Å²) in [5.41, 5.74) is 0.733. The number of nitrogens with zero attached hydrogens (tertiary/aromatic N) is 1. The Kier molecular flexibility index (Phi) is 8.62. The van der Waals surface area contributed by atoms with Gasteiger partial charge in [0.05, 0.1) is 24.3 Å². The van der Waals surface area contributed by atoms with Crippen molar-refractivity contribution < 1.29 is 23.8 Å². The second-order valence-corrected chi connectivity index (χ2v) is 7.21. The third-order valence-corrected chi connectivity index (χ3v) is 5.18. The van der Waals surface area contributed by atoms with Crippen molar-refractivity contribution in [2.75, 3.05) is 27.9 Å². The van der Waals surface area contributed by atoms with Gasteiger partial charge >= 0.3 is 0 Å². The standard InChI is InChI=1S/C21H24Cl2N2O5/c1-13(21(27)24-2)25(11-14-5-6-18(22)19(23)7-14)20(26)12-30-17-9-15(28-3)8-16(10-17)29-4/h5-10,13H,11-12H2,1-4H3,(H,24,27). The van der Waals surface area contributed by atoms with Crippen molar-refractivity contribution in [1.29, 1.82) is 0 Å². The first-order valence-electron chi connectivity index (χ1n) is 9.10. The lowest BCUT2D eigenvalue weighted by atomic mass is 10.1. The molecule has 0 spiro atoms. The highest BCUT2D eigenvalue weighted by Crippen LogP contribution is 2.28. The number of carbonyl (C=O) groups excluding carboxylic acids is 2. The van der Waals surface area contributed by atoms with E-state index in [1.54, 1.807) is 43.3 Å². The number of rotatable bonds is 9. The van der Waals surface area contributed by atoms with Gasteiger partial charge in [0.25, 0.3) is 5.91 Å². The van der Waals surface area contributed by atoms with E-state index >= 15 is 0 Å². The molecule has 9 heteroatoms. The minimum atomic E-state index is -0.722. The van der Waals surface area contributed by atoms with Crippen molar-refractivity contribution in [3.8, 4) is 17.2 Å². The SMILES string of the molecule is CNC(=O)C(C)N(Cc1ccc(Cl)c(Cl)c1)C(=O)COc1cc(OC)cc(OC)c1. The molecule has 0 fully saturated rings. The topological polar surface area (TPSA) is 77.1 Å². The number of likely N-dealkylation sites (N-methyl/N-ethyl adjacent to an activating group) is 1. The summed E-state index contributed by atoms with van der Waals surface area (Å²) in [5.74, 6) is 0.790. The molecule has 0 heterocycles. The van der Waals surface area contributed by atoms with E-state index in [-0.39, 0.29) is 25.0 Å². The summed E-state index contributed by atoms with van der Waals surface area (Å²) in [5, 5.41) is 3.34. The molecule has 7 nitrogen and oxygen atoms in total. The molecule has 0 saturated heterocycles. The van der Waals surface area contributed by atoms with Crippen LogP contribution >= 0.6 is 23.2 Å². The van der Waals surface area contributed by atoms with Gasteiger partial charge in [0.15, 0.2) is 6.61 Å². The summed E-state index contributed by atoms with van der Waals surface area (Å²) in [4.78, 5) is 26.5. The maximum atomic E-state index is 12.9. The van der Waals surface area contributed by atoms with Gasteiger partial charge in [0.1, 0.15) is 23.3 Å². The second-order valence-electron chi connectivity index (χ2n) is 6.40. The summed E-state index contributed by atoms with van der Waals surface area (Å²) in [6.07, 6.45) is 0. The molecule has 2 aromatic carbocycles. The van der Waals surface area contributed by atoms with Gasteiger partial charge in [-0.15, -0.1) is 0 Å².